The topological polar surface area (TPSA) is 91.2 Å². The number of ether oxygens (including phenoxy) is 2. The van der Waals surface area contributed by atoms with E-state index < -0.39 is 11.9 Å². The molecule has 0 atom stereocenters. The summed E-state index contributed by atoms with van der Waals surface area (Å²) in [7, 11) is 3.28. The van der Waals surface area contributed by atoms with Gasteiger partial charge >= 0.3 is 6.09 Å². The van der Waals surface area contributed by atoms with Crippen LogP contribution in [0.15, 0.2) is 36.4 Å². The Morgan fingerprint density at radius 1 is 1.27 bits per heavy atom. The van der Waals surface area contributed by atoms with Gasteiger partial charge in [-0.25, -0.2) is 18.9 Å². The van der Waals surface area contributed by atoms with Crippen LogP contribution >= 0.6 is 11.3 Å². The number of benzene rings is 2. The number of nitrogens with zero attached hydrogens (tertiary/aromatic N) is 4. The minimum atomic E-state index is -0.599. The van der Waals surface area contributed by atoms with Crippen molar-refractivity contribution in [2.24, 2.45) is 7.05 Å². The van der Waals surface area contributed by atoms with Crippen molar-refractivity contribution >= 4 is 33.5 Å². The average molecular weight is 427 g/mol. The summed E-state index contributed by atoms with van der Waals surface area (Å²) in [6, 6.07) is 9.78. The summed E-state index contributed by atoms with van der Waals surface area (Å²) in [6.07, 6.45) is -0.599. The zero-order valence-electron chi connectivity index (χ0n) is 16.5. The van der Waals surface area contributed by atoms with Crippen molar-refractivity contribution in [3.63, 3.8) is 0 Å². The van der Waals surface area contributed by atoms with Gasteiger partial charge in [-0.3, -0.25) is 5.32 Å². The van der Waals surface area contributed by atoms with Gasteiger partial charge in [-0.15, -0.1) is 5.10 Å². The number of nitrogens with one attached hydrogen (secondary N) is 1. The van der Waals surface area contributed by atoms with Crippen LogP contribution in [0, 0.1) is 12.7 Å². The molecule has 10 heteroatoms. The fraction of sp³-hybridized carbons (Fsp3) is 0.200. The molecule has 1 amide bonds. The summed E-state index contributed by atoms with van der Waals surface area (Å²) in [6.45, 7) is 1.86. The highest BCUT2D eigenvalue weighted by Crippen LogP contribution is 2.37. The second kappa shape index (κ2) is 8.07. The van der Waals surface area contributed by atoms with Gasteiger partial charge in [0.1, 0.15) is 33.7 Å². The number of carbonyl (C=O) groups excluding carboxylic acids is 1. The van der Waals surface area contributed by atoms with Gasteiger partial charge < -0.3 is 9.47 Å². The van der Waals surface area contributed by atoms with Gasteiger partial charge in [0, 0.05) is 13.1 Å². The van der Waals surface area contributed by atoms with E-state index in [4.69, 9.17) is 9.47 Å². The van der Waals surface area contributed by atoms with E-state index in [2.05, 4.69) is 20.6 Å². The Hall–Kier alpha value is -3.53. The monoisotopic (exact) mass is 427 g/mol. The summed E-state index contributed by atoms with van der Waals surface area (Å²) in [5.41, 5.74) is 3.70. The summed E-state index contributed by atoms with van der Waals surface area (Å²) in [5.74, 6) is -0.0252. The Bertz CT molecular complexity index is 1240. The summed E-state index contributed by atoms with van der Waals surface area (Å²) >= 11 is 1.26. The number of hydrogen-bond donors (Lipinski definition) is 1. The van der Waals surface area contributed by atoms with Crippen LogP contribution < -0.4 is 10.1 Å². The standard InChI is InChI=1S/C20H18FN5O3S/c1-11-18(30-19(22-11)14-6-5-13(21)9-17(14)28-3)23-20(27)29-10-12-4-7-16-15(8-12)24-25-26(16)2/h4-9H,10H2,1-3H3,(H,23,27). The molecule has 0 aliphatic rings. The number of aromatic nitrogens is 4. The highest BCUT2D eigenvalue weighted by atomic mass is 32.1. The first kappa shape index (κ1) is 19.8. The van der Waals surface area contributed by atoms with Crippen molar-refractivity contribution in [1.82, 2.24) is 20.0 Å². The highest BCUT2D eigenvalue weighted by molar-refractivity contribution is 7.19. The van der Waals surface area contributed by atoms with Gasteiger partial charge in [0.15, 0.2) is 0 Å². The summed E-state index contributed by atoms with van der Waals surface area (Å²) in [4.78, 5) is 16.7. The number of anilines is 1. The number of amides is 1. The quantitative estimate of drug-likeness (QED) is 0.511. The van der Waals surface area contributed by atoms with Crippen LogP contribution in [0.1, 0.15) is 11.3 Å². The smallest absolute Gasteiger partial charge is 0.412 e. The van der Waals surface area contributed by atoms with Gasteiger partial charge in [0.25, 0.3) is 0 Å². The van der Waals surface area contributed by atoms with Crippen LogP contribution in [0.4, 0.5) is 14.2 Å². The Kier molecular flexibility index (Phi) is 5.32. The third kappa shape index (κ3) is 3.94. The Morgan fingerprint density at radius 3 is 2.90 bits per heavy atom. The summed E-state index contributed by atoms with van der Waals surface area (Å²) < 4.78 is 25.7. The molecule has 2 aromatic heterocycles. The van der Waals surface area contributed by atoms with E-state index in [0.717, 1.165) is 16.6 Å². The van der Waals surface area contributed by atoms with E-state index in [0.29, 0.717) is 27.0 Å². The van der Waals surface area contributed by atoms with Gasteiger partial charge in [0.05, 0.1) is 23.9 Å². The first-order chi connectivity index (χ1) is 14.4. The predicted octanol–water partition coefficient (Wildman–Crippen LogP) is 4.30. The van der Waals surface area contributed by atoms with Crippen LogP contribution in [0.3, 0.4) is 0 Å². The second-order valence-electron chi connectivity index (χ2n) is 6.52. The van der Waals surface area contributed by atoms with Crippen LogP contribution in [-0.4, -0.2) is 33.2 Å². The zero-order valence-corrected chi connectivity index (χ0v) is 17.3. The maximum atomic E-state index is 13.4. The Balaban J connectivity index is 1.44. The van der Waals surface area contributed by atoms with Crippen molar-refractivity contribution < 1.29 is 18.7 Å². The molecular weight excluding hydrogens is 409 g/mol. The lowest BCUT2D eigenvalue weighted by atomic mass is 10.2. The van der Waals surface area contributed by atoms with Crippen molar-refractivity contribution in [1.29, 1.82) is 0 Å². The maximum Gasteiger partial charge on any atom is 0.412 e. The Labute approximate surface area is 175 Å². The van der Waals surface area contributed by atoms with Crippen LogP contribution in [0.5, 0.6) is 5.75 Å². The van der Waals surface area contributed by atoms with Gasteiger partial charge in [-0.05, 0) is 36.8 Å². The van der Waals surface area contributed by atoms with E-state index in [9.17, 15) is 9.18 Å². The lowest BCUT2D eigenvalue weighted by molar-refractivity contribution is 0.155. The molecular formula is C20H18FN5O3S. The van der Waals surface area contributed by atoms with Crippen molar-refractivity contribution in [3.8, 4) is 16.3 Å². The third-order valence-corrected chi connectivity index (χ3v) is 5.56. The molecule has 30 heavy (non-hydrogen) atoms. The number of aryl methyl sites for hydroxylation is 2. The molecule has 0 saturated heterocycles. The van der Waals surface area contributed by atoms with Crippen LogP contribution in [-0.2, 0) is 18.4 Å². The number of rotatable bonds is 5. The minimum absolute atomic E-state index is 0.0921. The Morgan fingerprint density at radius 2 is 2.10 bits per heavy atom. The molecule has 0 bridgehead atoms. The number of fused-ring (bicyclic) bond motifs is 1. The van der Waals surface area contributed by atoms with Crippen LogP contribution in [0.2, 0.25) is 0 Å². The van der Waals surface area contributed by atoms with Crippen molar-refractivity contribution in [2.45, 2.75) is 13.5 Å². The maximum absolute atomic E-state index is 13.4. The number of carbonyl (C=O) groups is 1. The fourth-order valence-corrected chi connectivity index (χ4v) is 3.91. The van der Waals surface area contributed by atoms with E-state index in [1.54, 1.807) is 17.7 Å². The molecule has 2 heterocycles. The molecule has 0 aliphatic heterocycles. The number of methoxy groups -OCH3 is 1. The SMILES string of the molecule is COc1cc(F)ccc1-c1nc(C)c(NC(=O)OCc2ccc3c(c2)nnn3C)s1. The molecule has 0 saturated carbocycles. The molecule has 0 aliphatic carbocycles. The number of halogens is 1. The molecule has 2 aromatic carbocycles. The van der Waals surface area contributed by atoms with Gasteiger partial charge in [-0.1, -0.05) is 22.6 Å². The van der Waals surface area contributed by atoms with Gasteiger partial charge in [0.2, 0.25) is 0 Å². The van der Waals surface area contributed by atoms with E-state index in [-0.39, 0.29) is 6.61 Å². The lowest BCUT2D eigenvalue weighted by Crippen LogP contribution is -2.13. The second-order valence-corrected chi connectivity index (χ2v) is 7.51. The molecule has 0 fully saturated rings. The first-order valence-corrected chi connectivity index (χ1v) is 9.79. The van der Waals surface area contributed by atoms with E-state index in [1.807, 2.05) is 25.2 Å². The fourth-order valence-electron chi connectivity index (χ4n) is 2.92. The van der Waals surface area contributed by atoms with E-state index >= 15 is 0 Å². The van der Waals surface area contributed by atoms with Crippen molar-refractivity contribution in [3.05, 3.63) is 53.5 Å². The highest BCUT2D eigenvalue weighted by Gasteiger charge is 2.16. The molecule has 154 valence electrons. The zero-order chi connectivity index (χ0) is 21.3. The predicted molar refractivity (Wildman–Crippen MR) is 111 cm³/mol. The van der Waals surface area contributed by atoms with Crippen molar-refractivity contribution in [2.75, 3.05) is 12.4 Å². The molecule has 0 radical (unpaired) electrons. The normalized spacial score (nSPS) is 10.9. The molecule has 8 nitrogen and oxygen atoms in total. The average Bonchev–Trinajstić information content (AvgIpc) is 3.28. The molecule has 4 aromatic rings. The lowest BCUT2D eigenvalue weighted by Gasteiger charge is -2.06. The minimum Gasteiger partial charge on any atom is -0.496 e. The largest absolute Gasteiger partial charge is 0.496 e. The third-order valence-electron chi connectivity index (χ3n) is 4.45. The van der Waals surface area contributed by atoms with Gasteiger partial charge in [-0.2, -0.15) is 0 Å². The summed E-state index contributed by atoms with van der Waals surface area (Å²) in [5, 5.41) is 11.9. The molecule has 0 unspecified atom stereocenters. The molecule has 1 N–H and O–H groups in total. The van der Waals surface area contributed by atoms with Crippen LogP contribution in [0.25, 0.3) is 21.6 Å². The number of hydrogen-bond acceptors (Lipinski definition) is 7. The van der Waals surface area contributed by atoms with E-state index in [1.165, 1.54) is 30.6 Å². The number of thiazole rings is 1. The molecule has 0 spiro atoms. The first-order valence-electron chi connectivity index (χ1n) is 8.98. The molecule has 4 rings (SSSR count).